The number of anilines is 1. The summed E-state index contributed by atoms with van der Waals surface area (Å²) in [5.41, 5.74) is 1.54. The van der Waals surface area contributed by atoms with Crippen LogP contribution in [0.3, 0.4) is 0 Å². The van der Waals surface area contributed by atoms with E-state index in [1.54, 1.807) is 25.1 Å². The Hall–Kier alpha value is -2.24. The number of rotatable bonds is 6. The van der Waals surface area contributed by atoms with Crippen LogP contribution in [0.15, 0.2) is 30.3 Å². The van der Waals surface area contributed by atoms with Crippen LogP contribution in [0.5, 0.6) is 17.2 Å². The van der Waals surface area contributed by atoms with Crippen molar-refractivity contribution >= 4 is 40.8 Å². The predicted octanol–water partition coefficient (Wildman–Crippen LogP) is 6.00. The molecule has 0 aliphatic rings. The maximum atomic E-state index is 11.8. The first-order valence-corrected chi connectivity index (χ1v) is 9.26. The summed E-state index contributed by atoms with van der Waals surface area (Å²) in [5, 5.41) is 3.30. The summed E-state index contributed by atoms with van der Waals surface area (Å²) in [4.78, 5) is 23.2. The van der Waals surface area contributed by atoms with Gasteiger partial charge in [0.2, 0.25) is 5.91 Å². The number of hydrogen-bond donors (Lipinski definition) is 1. The van der Waals surface area contributed by atoms with E-state index in [0.29, 0.717) is 11.4 Å². The third kappa shape index (κ3) is 5.62. The van der Waals surface area contributed by atoms with E-state index < -0.39 is 0 Å². The minimum absolute atomic E-state index is 0.0601. The van der Waals surface area contributed by atoms with Gasteiger partial charge < -0.3 is 14.8 Å². The normalized spacial score (nSPS) is 10.6. The van der Waals surface area contributed by atoms with Crippen molar-refractivity contribution in [2.75, 3.05) is 5.32 Å². The van der Waals surface area contributed by atoms with E-state index in [4.69, 9.17) is 32.7 Å². The van der Waals surface area contributed by atoms with E-state index in [9.17, 15) is 9.59 Å². The molecule has 0 aliphatic heterocycles. The number of ether oxygens (including phenoxy) is 2. The molecule has 0 aromatic heterocycles. The predicted molar refractivity (Wildman–Crippen MR) is 107 cm³/mol. The quantitative estimate of drug-likeness (QED) is 0.468. The number of nitrogens with one attached hydrogen (secondary N) is 1. The maximum absolute atomic E-state index is 11.8. The Bertz CT molecular complexity index is 842. The SMILES string of the molecule is CCC(=O)Oc1cc(Cl)c(Oc2ccc(NC(=O)C(C)C)c(C)c2)c(Cl)c1. The monoisotopic (exact) mass is 409 g/mol. The molecule has 0 heterocycles. The molecule has 2 aromatic carbocycles. The summed E-state index contributed by atoms with van der Waals surface area (Å²) in [6, 6.07) is 8.18. The third-order valence-electron chi connectivity index (χ3n) is 3.69. The topological polar surface area (TPSA) is 64.6 Å². The van der Waals surface area contributed by atoms with Crippen molar-refractivity contribution in [1.29, 1.82) is 0 Å². The van der Waals surface area contributed by atoms with Gasteiger partial charge in [0.05, 0.1) is 10.0 Å². The Morgan fingerprint density at radius 1 is 1.07 bits per heavy atom. The highest BCUT2D eigenvalue weighted by Gasteiger charge is 2.14. The van der Waals surface area contributed by atoms with Crippen LogP contribution in [0.25, 0.3) is 0 Å². The van der Waals surface area contributed by atoms with Gasteiger partial charge in [-0.3, -0.25) is 9.59 Å². The highest BCUT2D eigenvalue weighted by Crippen LogP contribution is 2.40. The van der Waals surface area contributed by atoms with Crippen LogP contribution in [-0.4, -0.2) is 11.9 Å². The molecule has 2 rings (SSSR count). The van der Waals surface area contributed by atoms with E-state index in [1.807, 2.05) is 20.8 Å². The molecular weight excluding hydrogens is 389 g/mol. The van der Waals surface area contributed by atoms with Crippen molar-refractivity contribution in [3.63, 3.8) is 0 Å². The van der Waals surface area contributed by atoms with Gasteiger partial charge >= 0.3 is 5.97 Å². The lowest BCUT2D eigenvalue weighted by atomic mass is 10.1. The van der Waals surface area contributed by atoms with Crippen molar-refractivity contribution < 1.29 is 19.1 Å². The molecular formula is C20H21Cl2NO4. The van der Waals surface area contributed by atoms with Gasteiger partial charge in [-0.05, 0) is 30.7 Å². The van der Waals surface area contributed by atoms with Crippen LogP contribution in [0, 0.1) is 12.8 Å². The van der Waals surface area contributed by atoms with Gasteiger partial charge in [0, 0.05) is 30.2 Å². The number of carbonyl (C=O) groups excluding carboxylic acids is 2. The second kappa shape index (κ2) is 9.11. The molecule has 1 N–H and O–H groups in total. The van der Waals surface area contributed by atoms with Gasteiger partial charge in [0.15, 0.2) is 5.75 Å². The lowest BCUT2D eigenvalue weighted by Crippen LogP contribution is -2.18. The Morgan fingerprint density at radius 3 is 2.22 bits per heavy atom. The molecule has 0 saturated heterocycles. The molecule has 7 heteroatoms. The van der Waals surface area contributed by atoms with Crippen molar-refractivity contribution in [3.05, 3.63) is 45.9 Å². The van der Waals surface area contributed by atoms with E-state index >= 15 is 0 Å². The first-order chi connectivity index (χ1) is 12.7. The van der Waals surface area contributed by atoms with Gasteiger partial charge in [-0.25, -0.2) is 0 Å². The molecule has 5 nitrogen and oxygen atoms in total. The van der Waals surface area contributed by atoms with Gasteiger partial charge in [-0.15, -0.1) is 0 Å². The van der Waals surface area contributed by atoms with Gasteiger partial charge in [-0.2, -0.15) is 0 Å². The molecule has 0 atom stereocenters. The first-order valence-electron chi connectivity index (χ1n) is 8.50. The fourth-order valence-corrected chi connectivity index (χ4v) is 2.68. The van der Waals surface area contributed by atoms with Crippen molar-refractivity contribution in [1.82, 2.24) is 0 Å². The number of benzene rings is 2. The van der Waals surface area contributed by atoms with Crippen LogP contribution in [0.4, 0.5) is 5.69 Å². The molecule has 27 heavy (non-hydrogen) atoms. The number of esters is 1. The fourth-order valence-electron chi connectivity index (χ4n) is 2.13. The Balaban J connectivity index is 2.20. The smallest absolute Gasteiger partial charge is 0.310 e. The highest BCUT2D eigenvalue weighted by molar-refractivity contribution is 6.37. The minimum atomic E-state index is -0.384. The molecule has 0 aliphatic carbocycles. The number of aryl methyl sites for hydroxylation is 1. The molecule has 0 fully saturated rings. The summed E-state index contributed by atoms with van der Waals surface area (Å²) in [6.45, 7) is 7.21. The molecule has 0 spiro atoms. The molecule has 1 amide bonds. The van der Waals surface area contributed by atoms with Gasteiger partial charge in [0.1, 0.15) is 11.5 Å². The van der Waals surface area contributed by atoms with Crippen molar-refractivity contribution in [2.45, 2.75) is 34.1 Å². The Kier molecular flexibility index (Phi) is 7.11. The van der Waals surface area contributed by atoms with Crippen LogP contribution >= 0.6 is 23.2 Å². The zero-order chi connectivity index (χ0) is 20.1. The van der Waals surface area contributed by atoms with E-state index in [1.165, 1.54) is 12.1 Å². The lowest BCUT2D eigenvalue weighted by Gasteiger charge is -2.14. The van der Waals surface area contributed by atoms with Gasteiger partial charge in [0.25, 0.3) is 0 Å². The first kappa shape index (κ1) is 21.1. The van der Waals surface area contributed by atoms with E-state index in [-0.39, 0.29) is 45.8 Å². The summed E-state index contributed by atoms with van der Waals surface area (Å²) in [6.07, 6.45) is 0.243. The van der Waals surface area contributed by atoms with Crippen LogP contribution in [0.2, 0.25) is 10.0 Å². The van der Waals surface area contributed by atoms with Crippen molar-refractivity contribution in [2.24, 2.45) is 5.92 Å². The lowest BCUT2D eigenvalue weighted by molar-refractivity contribution is -0.134. The van der Waals surface area contributed by atoms with Crippen LogP contribution in [0.1, 0.15) is 32.8 Å². The standard InChI is InChI=1S/C20H21Cl2NO4/c1-5-18(24)26-14-9-15(21)19(16(22)10-14)27-13-6-7-17(12(4)8-13)23-20(25)11(2)3/h6-11H,5H2,1-4H3,(H,23,25). The molecule has 0 saturated carbocycles. The largest absolute Gasteiger partial charge is 0.454 e. The van der Waals surface area contributed by atoms with Crippen molar-refractivity contribution in [3.8, 4) is 17.2 Å². The molecule has 144 valence electrons. The minimum Gasteiger partial charge on any atom is -0.454 e. The number of amides is 1. The van der Waals surface area contributed by atoms with E-state index in [0.717, 1.165) is 5.56 Å². The average Bonchev–Trinajstić information content (AvgIpc) is 2.60. The molecule has 0 bridgehead atoms. The molecule has 0 unspecified atom stereocenters. The average molecular weight is 410 g/mol. The Labute approximate surface area is 168 Å². The zero-order valence-corrected chi connectivity index (χ0v) is 17.1. The third-order valence-corrected chi connectivity index (χ3v) is 4.25. The second-order valence-electron chi connectivity index (χ2n) is 6.27. The number of hydrogen-bond acceptors (Lipinski definition) is 4. The number of carbonyl (C=O) groups is 2. The van der Waals surface area contributed by atoms with E-state index in [2.05, 4.69) is 5.32 Å². The molecule has 0 radical (unpaired) electrons. The van der Waals surface area contributed by atoms with Gasteiger partial charge in [-0.1, -0.05) is 44.0 Å². The summed E-state index contributed by atoms with van der Waals surface area (Å²) < 4.78 is 10.9. The summed E-state index contributed by atoms with van der Waals surface area (Å²) in [5.74, 6) is 0.469. The fraction of sp³-hybridized carbons (Fsp3) is 0.300. The zero-order valence-electron chi connectivity index (χ0n) is 15.6. The molecule has 2 aromatic rings. The maximum Gasteiger partial charge on any atom is 0.310 e. The van der Waals surface area contributed by atoms with Crippen LogP contribution in [-0.2, 0) is 9.59 Å². The summed E-state index contributed by atoms with van der Waals surface area (Å²) >= 11 is 12.5. The summed E-state index contributed by atoms with van der Waals surface area (Å²) in [7, 11) is 0. The van der Waals surface area contributed by atoms with Crippen LogP contribution < -0.4 is 14.8 Å². The highest BCUT2D eigenvalue weighted by atomic mass is 35.5. The Morgan fingerprint density at radius 2 is 1.70 bits per heavy atom. The number of halogens is 2. The second-order valence-corrected chi connectivity index (χ2v) is 7.08.